The predicted octanol–water partition coefficient (Wildman–Crippen LogP) is -1.08. The molecule has 15 heavy (non-hydrogen) atoms. The molecule has 2 radical (unpaired) electrons. The zero-order valence-electron chi connectivity index (χ0n) is 9.09. The summed E-state index contributed by atoms with van der Waals surface area (Å²) in [7, 11) is 8.85. The summed E-state index contributed by atoms with van der Waals surface area (Å²) in [4.78, 5) is 0. The molecule has 0 aromatic rings. The van der Waals surface area contributed by atoms with Crippen molar-refractivity contribution in [2.24, 2.45) is 0 Å². The van der Waals surface area contributed by atoms with E-state index in [0.29, 0.717) is 13.2 Å². The summed E-state index contributed by atoms with van der Waals surface area (Å²) in [5.74, 6) is 0. The zero-order chi connectivity index (χ0) is 11.3. The highest BCUT2D eigenvalue weighted by Gasteiger charge is 2.42. The van der Waals surface area contributed by atoms with Gasteiger partial charge < -0.3 is 24.1 Å². The van der Waals surface area contributed by atoms with Gasteiger partial charge in [-0.25, -0.2) is 0 Å². The standard InChI is InChI=1S/C9H17BO5/c1-12-3-4-14-8-7(13-2)6(5-11)15-9(8)10/h6-9,11H,3-5H2,1-2H3/t6-,7?,8?,9-/m1/s1. The first-order chi connectivity index (χ1) is 7.24. The summed E-state index contributed by atoms with van der Waals surface area (Å²) >= 11 is 0. The van der Waals surface area contributed by atoms with Gasteiger partial charge in [0.2, 0.25) is 0 Å². The second-order valence-corrected chi connectivity index (χ2v) is 3.35. The molecule has 0 aliphatic carbocycles. The van der Waals surface area contributed by atoms with Gasteiger partial charge in [0.05, 0.1) is 19.8 Å². The van der Waals surface area contributed by atoms with Crippen molar-refractivity contribution < 1.29 is 24.1 Å². The molecule has 1 rings (SSSR count). The average Bonchev–Trinajstić information content (AvgIpc) is 2.55. The van der Waals surface area contributed by atoms with Gasteiger partial charge in [-0.2, -0.15) is 0 Å². The van der Waals surface area contributed by atoms with Gasteiger partial charge in [0, 0.05) is 20.2 Å². The maximum Gasteiger partial charge on any atom is 0.113 e. The Morgan fingerprint density at radius 1 is 1.27 bits per heavy atom. The van der Waals surface area contributed by atoms with Crippen molar-refractivity contribution in [3.63, 3.8) is 0 Å². The third-order valence-corrected chi connectivity index (χ3v) is 2.40. The van der Waals surface area contributed by atoms with Crippen LogP contribution in [0.1, 0.15) is 0 Å². The Morgan fingerprint density at radius 3 is 2.53 bits per heavy atom. The highest BCUT2D eigenvalue weighted by molar-refractivity contribution is 6.11. The zero-order valence-corrected chi connectivity index (χ0v) is 9.09. The summed E-state index contributed by atoms with van der Waals surface area (Å²) in [5, 5.41) is 9.03. The molecule has 0 aromatic carbocycles. The Hall–Kier alpha value is -0.135. The lowest BCUT2D eigenvalue weighted by atomic mass is 9.93. The summed E-state index contributed by atoms with van der Waals surface area (Å²) in [6, 6.07) is -0.566. The number of hydrogen-bond acceptors (Lipinski definition) is 5. The van der Waals surface area contributed by atoms with E-state index in [0.717, 1.165) is 0 Å². The molecular formula is C9H17BO5. The molecular weight excluding hydrogens is 199 g/mol. The van der Waals surface area contributed by atoms with Gasteiger partial charge in [0.25, 0.3) is 0 Å². The molecule has 1 aliphatic rings. The lowest BCUT2D eigenvalue weighted by molar-refractivity contribution is -0.0599. The molecule has 2 unspecified atom stereocenters. The van der Waals surface area contributed by atoms with E-state index >= 15 is 0 Å². The normalized spacial score (nSPS) is 35.9. The van der Waals surface area contributed by atoms with Crippen LogP contribution in [0.15, 0.2) is 0 Å². The molecule has 0 aromatic heterocycles. The minimum Gasteiger partial charge on any atom is -0.394 e. The third-order valence-electron chi connectivity index (χ3n) is 2.40. The molecule has 0 bridgehead atoms. The maximum absolute atomic E-state index is 9.03. The Kier molecular flexibility index (Phi) is 5.56. The summed E-state index contributed by atoms with van der Waals surface area (Å²) in [6.07, 6.45) is -1.11. The number of aliphatic hydroxyl groups excluding tert-OH is 1. The number of ether oxygens (including phenoxy) is 4. The van der Waals surface area contributed by atoms with Crippen LogP contribution in [-0.4, -0.2) is 71.3 Å². The number of hydrogen-bond donors (Lipinski definition) is 1. The minimum atomic E-state index is -0.566. The van der Waals surface area contributed by atoms with Crippen molar-refractivity contribution in [1.82, 2.24) is 0 Å². The molecule has 0 spiro atoms. The van der Waals surface area contributed by atoms with Gasteiger partial charge in [-0.1, -0.05) is 0 Å². The van der Waals surface area contributed by atoms with Crippen LogP contribution in [0.25, 0.3) is 0 Å². The van der Waals surface area contributed by atoms with Crippen LogP contribution in [0, 0.1) is 0 Å². The van der Waals surface area contributed by atoms with E-state index < -0.39 is 12.1 Å². The van der Waals surface area contributed by atoms with Crippen LogP contribution in [0.5, 0.6) is 0 Å². The van der Waals surface area contributed by atoms with Crippen LogP contribution in [0.2, 0.25) is 0 Å². The van der Waals surface area contributed by atoms with Gasteiger partial charge in [-0.05, 0) is 0 Å². The Bertz CT molecular complexity index is 180. The molecule has 6 heteroatoms. The second kappa shape index (κ2) is 6.45. The van der Waals surface area contributed by atoms with Gasteiger partial charge in [0.1, 0.15) is 26.2 Å². The van der Waals surface area contributed by atoms with E-state index in [1.54, 1.807) is 14.2 Å². The Morgan fingerprint density at radius 2 is 2.00 bits per heavy atom. The number of rotatable bonds is 6. The van der Waals surface area contributed by atoms with Crippen molar-refractivity contribution >= 4 is 7.85 Å². The van der Waals surface area contributed by atoms with Crippen molar-refractivity contribution in [2.45, 2.75) is 24.3 Å². The first-order valence-electron chi connectivity index (χ1n) is 4.89. The first-order valence-corrected chi connectivity index (χ1v) is 4.89. The van der Waals surface area contributed by atoms with Gasteiger partial charge in [-0.3, -0.25) is 0 Å². The van der Waals surface area contributed by atoms with Crippen molar-refractivity contribution in [3.05, 3.63) is 0 Å². The number of aliphatic hydroxyl groups is 1. The number of methoxy groups -OCH3 is 2. The van der Waals surface area contributed by atoms with Crippen LogP contribution in [0.4, 0.5) is 0 Å². The molecule has 0 saturated carbocycles. The van der Waals surface area contributed by atoms with E-state index in [1.165, 1.54) is 0 Å². The summed E-state index contributed by atoms with van der Waals surface area (Å²) < 4.78 is 20.8. The van der Waals surface area contributed by atoms with Crippen LogP contribution in [-0.2, 0) is 18.9 Å². The van der Waals surface area contributed by atoms with E-state index in [4.69, 9.17) is 31.9 Å². The molecule has 0 amide bonds. The van der Waals surface area contributed by atoms with E-state index in [-0.39, 0.29) is 18.8 Å². The smallest absolute Gasteiger partial charge is 0.113 e. The fraction of sp³-hybridized carbons (Fsp3) is 1.00. The molecule has 1 heterocycles. The molecule has 4 atom stereocenters. The molecule has 1 saturated heterocycles. The van der Waals surface area contributed by atoms with Crippen molar-refractivity contribution in [1.29, 1.82) is 0 Å². The lowest BCUT2D eigenvalue weighted by Gasteiger charge is -2.21. The third kappa shape index (κ3) is 3.16. The minimum absolute atomic E-state index is 0.129. The fourth-order valence-corrected chi connectivity index (χ4v) is 1.65. The molecule has 1 aliphatic heterocycles. The van der Waals surface area contributed by atoms with E-state index in [1.807, 2.05) is 0 Å². The van der Waals surface area contributed by atoms with E-state index in [9.17, 15) is 0 Å². The van der Waals surface area contributed by atoms with Crippen LogP contribution < -0.4 is 0 Å². The highest BCUT2D eigenvalue weighted by Crippen LogP contribution is 2.24. The van der Waals surface area contributed by atoms with Crippen LogP contribution >= 0.6 is 0 Å². The average molecular weight is 216 g/mol. The van der Waals surface area contributed by atoms with Crippen molar-refractivity contribution in [2.75, 3.05) is 34.0 Å². The highest BCUT2D eigenvalue weighted by atomic mass is 16.6. The van der Waals surface area contributed by atoms with Crippen molar-refractivity contribution in [3.8, 4) is 0 Å². The Balaban J connectivity index is 2.45. The maximum atomic E-state index is 9.03. The largest absolute Gasteiger partial charge is 0.394 e. The lowest BCUT2D eigenvalue weighted by Crippen LogP contribution is -2.38. The fourth-order valence-electron chi connectivity index (χ4n) is 1.65. The Labute approximate surface area is 91.1 Å². The second-order valence-electron chi connectivity index (χ2n) is 3.35. The molecule has 1 fully saturated rings. The quantitative estimate of drug-likeness (QED) is 0.452. The predicted molar refractivity (Wildman–Crippen MR) is 53.9 cm³/mol. The van der Waals surface area contributed by atoms with Gasteiger partial charge >= 0.3 is 0 Å². The van der Waals surface area contributed by atoms with E-state index in [2.05, 4.69) is 0 Å². The van der Waals surface area contributed by atoms with Gasteiger partial charge in [-0.15, -0.1) is 0 Å². The van der Waals surface area contributed by atoms with Gasteiger partial charge in [0.15, 0.2) is 0 Å². The monoisotopic (exact) mass is 216 g/mol. The molecule has 5 nitrogen and oxygen atoms in total. The van der Waals surface area contributed by atoms with Crippen LogP contribution in [0.3, 0.4) is 0 Å². The summed E-state index contributed by atoms with van der Waals surface area (Å²) in [6.45, 7) is 0.788. The SMILES string of the molecule is [B][C@@H]1O[C@H](CO)C(OC)C1OCCOC. The summed E-state index contributed by atoms with van der Waals surface area (Å²) in [5.41, 5.74) is 0. The first kappa shape index (κ1) is 12.9. The molecule has 86 valence electrons. The topological polar surface area (TPSA) is 57.2 Å². The molecule has 1 N–H and O–H groups in total.